The summed E-state index contributed by atoms with van der Waals surface area (Å²) in [5, 5.41) is 3.91. The van der Waals surface area contributed by atoms with Gasteiger partial charge in [-0.25, -0.2) is 4.68 Å². The van der Waals surface area contributed by atoms with Crippen molar-refractivity contribution >= 4 is 36.0 Å². The van der Waals surface area contributed by atoms with E-state index in [1.165, 1.54) is 0 Å². The van der Waals surface area contributed by atoms with Gasteiger partial charge in [-0.3, -0.25) is 10.00 Å². The average molecular weight is 401 g/mol. The first-order valence-corrected chi connectivity index (χ1v) is 9.36. The van der Waals surface area contributed by atoms with Crippen molar-refractivity contribution in [1.29, 1.82) is 0 Å². The maximum absolute atomic E-state index is 5.87. The molecule has 0 aliphatic carbocycles. The number of benzene rings is 2. The SMILES string of the molecule is CN(CCOc1ccc(Cl)cc1)Cn1[nH]c(/C=C/c2ccccc2)nc1=S. The molecule has 0 spiro atoms. The van der Waals surface area contributed by atoms with E-state index in [-0.39, 0.29) is 0 Å². The molecule has 0 bridgehead atoms. The molecule has 5 nitrogen and oxygen atoms in total. The second-order valence-corrected chi connectivity index (χ2v) is 6.89. The molecule has 3 aromatic rings. The van der Waals surface area contributed by atoms with Gasteiger partial charge in [0, 0.05) is 11.6 Å². The summed E-state index contributed by atoms with van der Waals surface area (Å²) in [5.74, 6) is 1.54. The lowest BCUT2D eigenvalue weighted by Gasteiger charge is -2.17. The Balaban J connectivity index is 1.51. The third-order valence-electron chi connectivity index (χ3n) is 3.87. The molecule has 0 aliphatic heterocycles. The molecule has 140 valence electrons. The van der Waals surface area contributed by atoms with Gasteiger partial charge in [-0.2, -0.15) is 4.98 Å². The maximum atomic E-state index is 5.87. The van der Waals surface area contributed by atoms with Gasteiger partial charge in [0.25, 0.3) is 0 Å². The molecule has 2 aromatic carbocycles. The van der Waals surface area contributed by atoms with E-state index in [2.05, 4.69) is 15.0 Å². The molecule has 0 saturated carbocycles. The second-order valence-electron chi connectivity index (χ2n) is 6.09. The molecule has 0 atom stereocenters. The summed E-state index contributed by atoms with van der Waals surface area (Å²) in [4.78, 5) is 6.49. The summed E-state index contributed by atoms with van der Waals surface area (Å²) in [6.45, 7) is 1.92. The Hall–Kier alpha value is -2.41. The average Bonchev–Trinajstić information content (AvgIpc) is 3.02. The number of likely N-dealkylation sites (N-methyl/N-ethyl adjacent to an activating group) is 1. The predicted molar refractivity (Wildman–Crippen MR) is 112 cm³/mol. The van der Waals surface area contributed by atoms with Crippen LogP contribution in [-0.2, 0) is 6.67 Å². The molecule has 3 rings (SSSR count). The van der Waals surface area contributed by atoms with E-state index in [9.17, 15) is 0 Å². The fourth-order valence-electron chi connectivity index (χ4n) is 2.45. The van der Waals surface area contributed by atoms with Crippen LogP contribution in [0.4, 0.5) is 0 Å². The van der Waals surface area contributed by atoms with Crippen LogP contribution in [0.5, 0.6) is 5.75 Å². The normalized spacial score (nSPS) is 11.4. The Bertz CT molecular complexity index is 935. The Labute approximate surface area is 168 Å². The van der Waals surface area contributed by atoms with Crippen molar-refractivity contribution in [2.24, 2.45) is 0 Å². The molecule has 1 aromatic heterocycles. The molecular formula is C20H21ClN4OS. The number of hydrogen-bond acceptors (Lipinski definition) is 4. The highest BCUT2D eigenvalue weighted by molar-refractivity contribution is 7.71. The Kier molecular flexibility index (Phi) is 6.81. The van der Waals surface area contributed by atoms with Crippen LogP contribution >= 0.6 is 23.8 Å². The minimum atomic E-state index is 0.521. The zero-order chi connectivity index (χ0) is 19.1. The molecule has 0 amide bonds. The standard InChI is InChI=1S/C20H21ClN4OS/c1-24(13-14-26-18-10-8-17(21)9-11-18)15-25-20(27)22-19(23-25)12-7-16-5-3-2-4-6-16/h2-12H,13-15H2,1H3,(H,22,23,27)/b12-7+. The molecule has 1 heterocycles. The van der Waals surface area contributed by atoms with Gasteiger partial charge in [0.2, 0.25) is 4.77 Å². The van der Waals surface area contributed by atoms with Gasteiger partial charge < -0.3 is 4.74 Å². The number of H-pyrrole nitrogens is 1. The molecular weight excluding hydrogens is 380 g/mol. The van der Waals surface area contributed by atoms with Crippen LogP contribution in [0.25, 0.3) is 12.2 Å². The third-order valence-corrected chi connectivity index (χ3v) is 4.43. The number of nitrogens with zero attached hydrogens (tertiary/aromatic N) is 3. The lowest BCUT2D eigenvalue weighted by atomic mass is 10.2. The van der Waals surface area contributed by atoms with Crippen LogP contribution < -0.4 is 4.74 Å². The fraction of sp³-hybridized carbons (Fsp3) is 0.200. The summed E-state index contributed by atoms with van der Waals surface area (Å²) in [6, 6.07) is 17.4. The molecule has 0 radical (unpaired) electrons. The van der Waals surface area contributed by atoms with Gasteiger partial charge in [-0.15, -0.1) is 0 Å². The van der Waals surface area contributed by atoms with Crippen molar-refractivity contribution in [3.8, 4) is 5.75 Å². The summed E-state index contributed by atoms with van der Waals surface area (Å²) in [7, 11) is 2.01. The van der Waals surface area contributed by atoms with Crippen molar-refractivity contribution in [3.63, 3.8) is 0 Å². The number of hydrogen-bond donors (Lipinski definition) is 1. The van der Waals surface area contributed by atoms with E-state index in [1.54, 1.807) is 0 Å². The van der Waals surface area contributed by atoms with E-state index < -0.39 is 0 Å². The second kappa shape index (κ2) is 9.50. The fourth-order valence-corrected chi connectivity index (χ4v) is 2.77. The largest absolute Gasteiger partial charge is 0.492 e. The molecule has 0 unspecified atom stereocenters. The topological polar surface area (TPSA) is 46.1 Å². The maximum Gasteiger partial charge on any atom is 0.217 e. The quantitative estimate of drug-likeness (QED) is 0.555. The molecule has 0 fully saturated rings. The lowest BCUT2D eigenvalue weighted by molar-refractivity contribution is 0.198. The van der Waals surface area contributed by atoms with E-state index in [0.29, 0.717) is 23.1 Å². The van der Waals surface area contributed by atoms with E-state index in [4.69, 9.17) is 28.6 Å². The van der Waals surface area contributed by atoms with Crippen molar-refractivity contribution < 1.29 is 4.74 Å². The predicted octanol–water partition coefficient (Wildman–Crippen LogP) is 4.73. The highest BCUT2D eigenvalue weighted by Gasteiger charge is 2.04. The van der Waals surface area contributed by atoms with Gasteiger partial charge in [-0.1, -0.05) is 48.0 Å². The number of ether oxygens (including phenoxy) is 1. The van der Waals surface area contributed by atoms with Crippen LogP contribution in [0.2, 0.25) is 5.02 Å². The van der Waals surface area contributed by atoms with Crippen molar-refractivity contribution in [2.45, 2.75) is 6.67 Å². The molecule has 0 aliphatic rings. The number of halogens is 1. The number of aromatic nitrogens is 3. The first kappa shape index (κ1) is 19.4. The summed E-state index contributed by atoms with van der Waals surface area (Å²) in [6.07, 6.45) is 3.92. The van der Waals surface area contributed by atoms with Crippen molar-refractivity contribution in [1.82, 2.24) is 19.7 Å². The van der Waals surface area contributed by atoms with Crippen LogP contribution in [0.15, 0.2) is 54.6 Å². The van der Waals surface area contributed by atoms with Gasteiger partial charge >= 0.3 is 0 Å². The Morgan fingerprint density at radius 3 is 2.63 bits per heavy atom. The summed E-state index contributed by atoms with van der Waals surface area (Å²) < 4.78 is 8.08. The van der Waals surface area contributed by atoms with Crippen LogP contribution in [0.3, 0.4) is 0 Å². The highest BCUT2D eigenvalue weighted by atomic mass is 35.5. The zero-order valence-corrected chi connectivity index (χ0v) is 16.6. The van der Waals surface area contributed by atoms with Gasteiger partial charge in [0.05, 0.1) is 6.67 Å². The first-order valence-electron chi connectivity index (χ1n) is 8.57. The Morgan fingerprint density at radius 1 is 1.15 bits per heavy atom. The van der Waals surface area contributed by atoms with Gasteiger partial charge in [0.15, 0.2) is 0 Å². The molecule has 1 N–H and O–H groups in total. The van der Waals surface area contributed by atoms with E-state index in [1.807, 2.05) is 78.5 Å². The monoisotopic (exact) mass is 400 g/mol. The number of rotatable bonds is 8. The highest BCUT2D eigenvalue weighted by Crippen LogP contribution is 2.15. The molecule has 27 heavy (non-hydrogen) atoms. The Morgan fingerprint density at radius 2 is 1.89 bits per heavy atom. The molecule has 7 heteroatoms. The van der Waals surface area contributed by atoms with Crippen LogP contribution in [-0.4, -0.2) is 39.9 Å². The van der Waals surface area contributed by atoms with Crippen molar-refractivity contribution in [3.05, 3.63) is 75.8 Å². The van der Waals surface area contributed by atoms with Crippen LogP contribution in [0.1, 0.15) is 11.4 Å². The third kappa shape index (κ3) is 6.06. The van der Waals surface area contributed by atoms with Crippen LogP contribution in [0, 0.1) is 4.77 Å². The lowest BCUT2D eigenvalue weighted by Crippen LogP contribution is -2.27. The van der Waals surface area contributed by atoms with Gasteiger partial charge in [0.1, 0.15) is 18.2 Å². The number of nitrogens with one attached hydrogen (secondary N) is 1. The van der Waals surface area contributed by atoms with E-state index >= 15 is 0 Å². The van der Waals surface area contributed by atoms with Gasteiger partial charge in [-0.05, 0) is 55.2 Å². The molecule has 0 saturated heterocycles. The number of aromatic amines is 1. The minimum Gasteiger partial charge on any atom is -0.492 e. The summed E-state index contributed by atoms with van der Waals surface area (Å²) >= 11 is 11.2. The summed E-state index contributed by atoms with van der Waals surface area (Å²) in [5.41, 5.74) is 1.11. The first-order chi connectivity index (χ1) is 13.1. The minimum absolute atomic E-state index is 0.521. The van der Waals surface area contributed by atoms with E-state index in [0.717, 1.165) is 23.7 Å². The smallest absolute Gasteiger partial charge is 0.217 e. The zero-order valence-electron chi connectivity index (χ0n) is 15.0. The van der Waals surface area contributed by atoms with Crippen molar-refractivity contribution in [2.75, 3.05) is 20.2 Å².